The van der Waals surface area contributed by atoms with Crippen molar-refractivity contribution in [1.29, 1.82) is 0 Å². The van der Waals surface area contributed by atoms with Crippen molar-refractivity contribution in [2.75, 3.05) is 12.4 Å². The van der Waals surface area contributed by atoms with Gasteiger partial charge >= 0.3 is 0 Å². The molecule has 0 radical (unpaired) electrons. The number of ketones is 1. The zero-order chi connectivity index (χ0) is 10.3. The molecule has 2 rings (SSSR count). The molecule has 1 N–H and O–H groups in total. The summed E-state index contributed by atoms with van der Waals surface area (Å²) in [4.78, 5) is 22.3. The van der Waals surface area contributed by atoms with Gasteiger partial charge < -0.3 is 10.1 Å². The fraction of sp³-hybridized carbons (Fsp3) is 0.111. The van der Waals surface area contributed by atoms with Crippen LogP contribution in [0, 0.1) is 0 Å². The molecule has 1 aromatic rings. The van der Waals surface area contributed by atoms with E-state index in [1.54, 1.807) is 0 Å². The van der Waals surface area contributed by atoms with Crippen molar-refractivity contribution in [1.82, 2.24) is 0 Å². The first kappa shape index (κ1) is 9.02. The van der Waals surface area contributed by atoms with Gasteiger partial charge in [-0.2, -0.15) is 0 Å². The summed E-state index contributed by atoms with van der Waals surface area (Å²) in [7, 11) is 1.45. The van der Waals surface area contributed by atoms with Crippen LogP contribution in [0.5, 0.6) is 5.75 Å². The number of benzene rings is 1. The average Bonchev–Trinajstić information content (AvgIpc) is 2.41. The molecule has 1 aliphatic heterocycles. The number of nitrogens with one attached hydrogen (secondary N) is 1. The molecule has 1 aromatic carbocycles. The van der Waals surface area contributed by atoms with Gasteiger partial charge in [0.25, 0.3) is 11.7 Å². The highest BCUT2D eigenvalue weighted by Crippen LogP contribution is 2.33. The fourth-order valence-corrected chi connectivity index (χ4v) is 1.54. The molecule has 5 heteroatoms. The second-order valence-electron chi connectivity index (χ2n) is 2.82. The van der Waals surface area contributed by atoms with Gasteiger partial charge in [0.05, 0.1) is 23.4 Å². The minimum absolute atomic E-state index is 0.302. The van der Waals surface area contributed by atoms with Crippen LogP contribution in [0.4, 0.5) is 5.69 Å². The Balaban J connectivity index is 2.60. The number of anilines is 1. The Kier molecular flexibility index (Phi) is 1.93. The molecule has 14 heavy (non-hydrogen) atoms. The minimum atomic E-state index is -0.635. The average molecular weight is 212 g/mol. The molecular formula is C9H6ClNO3. The molecule has 0 unspecified atom stereocenters. The van der Waals surface area contributed by atoms with Gasteiger partial charge in [0, 0.05) is 0 Å². The lowest BCUT2D eigenvalue weighted by Crippen LogP contribution is -2.12. The largest absolute Gasteiger partial charge is 0.495 e. The van der Waals surface area contributed by atoms with E-state index in [1.165, 1.54) is 19.2 Å². The molecule has 0 fully saturated rings. The third-order valence-corrected chi connectivity index (χ3v) is 2.29. The van der Waals surface area contributed by atoms with E-state index in [9.17, 15) is 9.59 Å². The minimum Gasteiger partial charge on any atom is -0.495 e. The Hall–Kier alpha value is -1.55. The van der Waals surface area contributed by atoms with Gasteiger partial charge in [0.15, 0.2) is 0 Å². The molecule has 1 heterocycles. The highest BCUT2D eigenvalue weighted by atomic mass is 35.5. The van der Waals surface area contributed by atoms with Gasteiger partial charge in [-0.05, 0) is 12.1 Å². The first-order valence-corrected chi connectivity index (χ1v) is 4.24. The summed E-state index contributed by atoms with van der Waals surface area (Å²) in [5.74, 6) is -0.811. The number of amides is 1. The van der Waals surface area contributed by atoms with Crippen LogP contribution in [0.1, 0.15) is 10.4 Å². The summed E-state index contributed by atoms with van der Waals surface area (Å²) in [6.45, 7) is 0. The molecule has 4 nitrogen and oxygen atoms in total. The summed E-state index contributed by atoms with van der Waals surface area (Å²) in [5, 5.41) is 2.77. The number of Topliss-reactive ketones (excluding diaryl/α,β-unsaturated/α-hetero) is 1. The number of hydrogen-bond acceptors (Lipinski definition) is 3. The van der Waals surface area contributed by atoms with Crippen LogP contribution in [0.2, 0.25) is 5.02 Å². The van der Waals surface area contributed by atoms with Crippen LogP contribution >= 0.6 is 11.6 Å². The second-order valence-corrected chi connectivity index (χ2v) is 3.22. The van der Waals surface area contributed by atoms with Crippen molar-refractivity contribution in [3.05, 3.63) is 22.7 Å². The smallest absolute Gasteiger partial charge is 0.296 e. The Morgan fingerprint density at radius 2 is 2.07 bits per heavy atom. The van der Waals surface area contributed by atoms with Gasteiger partial charge in [-0.3, -0.25) is 9.59 Å². The van der Waals surface area contributed by atoms with Crippen LogP contribution in [-0.4, -0.2) is 18.8 Å². The van der Waals surface area contributed by atoms with E-state index in [1.807, 2.05) is 0 Å². The van der Waals surface area contributed by atoms with Crippen LogP contribution in [0.15, 0.2) is 12.1 Å². The van der Waals surface area contributed by atoms with E-state index in [4.69, 9.17) is 16.3 Å². The van der Waals surface area contributed by atoms with Gasteiger partial charge in [-0.25, -0.2) is 0 Å². The zero-order valence-corrected chi connectivity index (χ0v) is 8.01. The van der Waals surface area contributed by atoms with Crippen molar-refractivity contribution < 1.29 is 14.3 Å². The number of hydrogen-bond donors (Lipinski definition) is 1. The summed E-state index contributed by atoms with van der Waals surface area (Å²) >= 11 is 5.82. The number of carbonyl (C=O) groups excluding carboxylic acids is 2. The second kappa shape index (κ2) is 2.99. The summed E-state index contributed by atoms with van der Waals surface area (Å²) < 4.78 is 4.93. The molecule has 0 saturated heterocycles. The number of halogens is 1. The lowest BCUT2D eigenvalue weighted by Gasteiger charge is -2.04. The SMILES string of the molecule is COc1cc2c(cc1Cl)NC(=O)C2=O. The predicted molar refractivity (Wildman–Crippen MR) is 51.0 cm³/mol. The van der Waals surface area contributed by atoms with E-state index in [-0.39, 0.29) is 0 Å². The Bertz CT molecular complexity index is 442. The van der Waals surface area contributed by atoms with E-state index in [0.29, 0.717) is 22.0 Å². The summed E-state index contributed by atoms with van der Waals surface area (Å²) in [5.41, 5.74) is 0.738. The molecule has 0 spiro atoms. The number of methoxy groups -OCH3 is 1. The monoisotopic (exact) mass is 211 g/mol. The maximum absolute atomic E-state index is 11.3. The van der Waals surface area contributed by atoms with E-state index >= 15 is 0 Å². The van der Waals surface area contributed by atoms with Crippen LogP contribution < -0.4 is 10.1 Å². The van der Waals surface area contributed by atoms with Gasteiger partial charge in [-0.15, -0.1) is 0 Å². The molecule has 0 bridgehead atoms. The van der Waals surface area contributed by atoms with Gasteiger partial charge in [0.1, 0.15) is 5.75 Å². The van der Waals surface area contributed by atoms with Crippen molar-refractivity contribution in [3.8, 4) is 5.75 Å². The molecule has 0 atom stereocenters. The number of fused-ring (bicyclic) bond motifs is 1. The molecule has 0 saturated carbocycles. The van der Waals surface area contributed by atoms with E-state index in [2.05, 4.69) is 5.32 Å². The molecule has 0 aromatic heterocycles. The number of rotatable bonds is 1. The number of carbonyl (C=O) groups is 2. The lowest BCUT2D eigenvalue weighted by atomic mass is 10.1. The van der Waals surface area contributed by atoms with Crippen molar-refractivity contribution >= 4 is 29.0 Å². The molecule has 1 amide bonds. The third-order valence-electron chi connectivity index (χ3n) is 1.99. The highest BCUT2D eigenvalue weighted by Gasteiger charge is 2.29. The van der Waals surface area contributed by atoms with Crippen molar-refractivity contribution in [2.24, 2.45) is 0 Å². The van der Waals surface area contributed by atoms with E-state index < -0.39 is 11.7 Å². The van der Waals surface area contributed by atoms with E-state index in [0.717, 1.165) is 0 Å². The van der Waals surface area contributed by atoms with Gasteiger partial charge in [-0.1, -0.05) is 11.6 Å². The highest BCUT2D eigenvalue weighted by molar-refractivity contribution is 6.52. The Morgan fingerprint density at radius 1 is 1.36 bits per heavy atom. The molecule has 0 aliphatic carbocycles. The van der Waals surface area contributed by atoms with Crippen LogP contribution in [0.3, 0.4) is 0 Å². The first-order chi connectivity index (χ1) is 6.63. The molecule has 72 valence electrons. The summed E-state index contributed by atoms with van der Waals surface area (Å²) in [6.07, 6.45) is 0. The first-order valence-electron chi connectivity index (χ1n) is 3.86. The van der Waals surface area contributed by atoms with Crippen LogP contribution in [0.25, 0.3) is 0 Å². The maximum atomic E-state index is 11.3. The summed E-state index contributed by atoms with van der Waals surface area (Å²) in [6, 6.07) is 2.95. The quantitative estimate of drug-likeness (QED) is 0.716. The Morgan fingerprint density at radius 3 is 2.71 bits per heavy atom. The number of ether oxygens (including phenoxy) is 1. The van der Waals surface area contributed by atoms with Crippen LogP contribution in [-0.2, 0) is 4.79 Å². The fourth-order valence-electron chi connectivity index (χ4n) is 1.30. The Labute approximate surface area is 84.8 Å². The topological polar surface area (TPSA) is 55.4 Å². The predicted octanol–water partition coefficient (Wildman–Crippen LogP) is 1.48. The maximum Gasteiger partial charge on any atom is 0.296 e. The zero-order valence-electron chi connectivity index (χ0n) is 7.26. The van der Waals surface area contributed by atoms with Crippen molar-refractivity contribution in [3.63, 3.8) is 0 Å². The molecule has 1 aliphatic rings. The normalized spacial score (nSPS) is 13.9. The standard InChI is InChI=1S/C9H6ClNO3/c1-14-7-2-4-6(3-5(7)10)11-9(13)8(4)12/h2-3H,1H3,(H,11,12,13). The lowest BCUT2D eigenvalue weighted by molar-refractivity contribution is -0.112. The molecular weight excluding hydrogens is 206 g/mol. The van der Waals surface area contributed by atoms with Crippen molar-refractivity contribution in [2.45, 2.75) is 0 Å². The van der Waals surface area contributed by atoms with Gasteiger partial charge in [0.2, 0.25) is 0 Å². The third kappa shape index (κ3) is 1.15.